The van der Waals surface area contributed by atoms with Crippen molar-refractivity contribution in [2.24, 2.45) is 0 Å². The van der Waals surface area contributed by atoms with Crippen LogP contribution in [0, 0.1) is 13.8 Å². The Hall–Kier alpha value is -3.23. The van der Waals surface area contributed by atoms with Crippen LogP contribution in [-0.2, 0) is 27.2 Å². The number of aromatic nitrogens is 2. The lowest BCUT2D eigenvalue weighted by atomic mass is 10.0. The minimum atomic E-state index is -1.89. The number of amides is 1. The lowest BCUT2D eigenvalue weighted by Gasteiger charge is -2.25. The summed E-state index contributed by atoms with van der Waals surface area (Å²) in [6.45, 7) is 4.91. The molecule has 0 saturated carbocycles. The first-order valence-electron chi connectivity index (χ1n) is 13.5. The smallest absolute Gasteiger partial charge is 0.335 e. The van der Waals surface area contributed by atoms with E-state index in [1.807, 2.05) is 6.07 Å². The lowest BCUT2D eigenvalue weighted by molar-refractivity contribution is -0.166. The molecule has 8 heteroatoms. The van der Waals surface area contributed by atoms with Gasteiger partial charge in [-0.3, -0.25) is 4.79 Å². The lowest BCUT2D eigenvalue weighted by Crippen LogP contribution is -2.48. The third kappa shape index (κ3) is 8.67. The summed E-state index contributed by atoms with van der Waals surface area (Å²) in [7, 11) is 1.63. The number of carboxylic acids is 1. The summed E-state index contributed by atoms with van der Waals surface area (Å²) in [5, 5.41) is 19.4. The summed E-state index contributed by atoms with van der Waals surface area (Å²) in [6.07, 6.45) is 5.51. The second-order valence-corrected chi connectivity index (χ2v) is 10.1. The van der Waals surface area contributed by atoms with Crippen molar-refractivity contribution in [1.82, 2.24) is 14.9 Å². The number of nitrogens with zero attached hydrogens (tertiary/aromatic N) is 2. The molecule has 1 aromatic heterocycles. The van der Waals surface area contributed by atoms with Gasteiger partial charge in [0.05, 0.1) is 17.4 Å². The van der Waals surface area contributed by atoms with Gasteiger partial charge in [0.15, 0.2) is 12.2 Å². The molecule has 1 heterocycles. The summed E-state index contributed by atoms with van der Waals surface area (Å²) < 4.78 is 5.62. The number of benzene rings is 2. The molecule has 8 nitrogen and oxygen atoms in total. The number of fused-ring (bicyclic) bond motifs is 1. The van der Waals surface area contributed by atoms with Crippen LogP contribution >= 0.6 is 0 Å². The molecule has 2 aromatic carbocycles. The molecule has 38 heavy (non-hydrogen) atoms. The Bertz CT molecular complexity index is 1190. The molecule has 2 atom stereocenters. The standard InChI is InChI=1S/C30H41N3O5/c1-21-12-13-23(18-22(21)2)10-7-5-9-17-38-28(27(34)30(36)37)29(35)33(3)16-8-4-6-11-24-14-15-25-26(19-24)32-20-31-25/h12-15,18-20,27-28,34H,4-11,16-17H2,1-3H3,(H,31,32)(H,36,37). The fourth-order valence-corrected chi connectivity index (χ4v) is 4.52. The number of aliphatic hydroxyl groups excluding tert-OH is 1. The van der Waals surface area contributed by atoms with Crippen molar-refractivity contribution in [2.75, 3.05) is 20.2 Å². The number of carboxylic acid groups (broad SMARTS) is 1. The predicted molar refractivity (Wildman–Crippen MR) is 148 cm³/mol. The van der Waals surface area contributed by atoms with Crippen molar-refractivity contribution in [3.05, 3.63) is 65.0 Å². The van der Waals surface area contributed by atoms with Gasteiger partial charge >= 0.3 is 5.97 Å². The number of hydrogen-bond acceptors (Lipinski definition) is 5. The number of aliphatic hydroxyl groups is 1. The van der Waals surface area contributed by atoms with E-state index in [0.717, 1.165) is 56.0 Å². The first-order chi connectivity index (χ1) is 18.3. The first kappa shape index (κ1) is 29.3. The number of imidazole rings is 1. The highest BCUT2D eigenvalue weighted by Crippen LogP contribution is 2.16. The number of carbonyl (C=O) groups is 2. The Labute approximate surface area is 225 Å². The zero-order chi connectivity index (χ0) is 27.5. The molecule has 0 bridgehead atoms. The van der Waals surface area contributed by atoms with Crippen LogP contribution in [-0.4, -0.2) is 69.4 Å². The maximum absolute atomic E-state index is 12.9. The second kappa shape index (κ2) is 14.6. The number of nitrogens with one attached hydrogen (secondary N) is 1. The van der Waals surface area contributed by atoms with Crippen molar-refractivity contribution >= 4 is 22.9 Å². The fourth-order valence-electron chi connectivity index (χ4n) is 4.52. The first-order valence-corrected chi connectivity index (χ1v) is 13.5. The van der Waals surface area contributed by atoms with Crippen molar-refractivity contribution in [1.29, 1.82) is 0 Å². The van der Waals surface area contributed by atoms with Gasteiger partial charge in [0, 0.05) is 20.2 Å². The van der Waals surface area contributed by atoms with E-state index in [0.29, 0.717) is 13.0 Å². The maximum atomic E-state index is 12.9. The highest BCUT2D eigenvalue weighted by Gasteiger charge is 2.34. The summed E-state index contributed by atoms with van der Waals surface area (Å²) >= 11 is 0. The number of carbonyl (C=O) groups excluding carboxylic acids is 1. The number of unbranched alkanes of at least 4 members (excludes halogenated alkanes) is 4. The molecule has 3 aromatic rings. The van der Waals surface area contributed by atoms with Crippen LogP contribution in [0.25, 0.3) is 11.0 Å². The van der Waals surface area contributed by atoms with Crippen molar-refractivity contribution in [3.8, 4) is 0 Å². The Morgan fingerprint density at radius 2 is 1.63 bits per heavy atom. The Kier molecular flexibility index (Phi) is 11.3. The van der Waals surface area contributed by atoms with Gasteiger partial charge in [-0.2, -0.15) is 0 Å². The topological polar surface area (TPSA) is 116 Å². The summed E-state index contributed by atoms with van der Waals surface area (Å²) in [5.41, 5.74) is 7.07. The van der Waals surface area contributed by atoms with E-state index in [1.165, 1.54) is 27.2 Å². The van der Waals surface area contributed by atoms with Crippen molar-refractivity contribution in [3.63, 3.8) is 0 Å². The molecule has 0 fully saturated rings. The molecule has 3 rings (SSSR count). The number of H-pyrrole nitrogens is 1. The van der Waals surface area contributed by atoms with Gasteiger partial charge < -0.3 is 24.8 Å². The zero-order valence-electron chi connectivity index (χ0n) is 22.8. The molecule has 2 unspecified atom stereocenters. The Morgan fingerprint density at radius 3 is 2.34 bits per heavy atom. The number of aryl methyl sites for hydroxylation is 4. The zero-order valence-corrected chi connectivity index (χ0v) is 22.8. The highest BCUT2D eigenvalue weighted by molar-refractivity contribution is 5.87. The van der Waals surface area contributed by atoms with Gasteiger partial charge in [0.2, 0.25) is 0 Å². The number of hydrogen-bond donors (Lipinski definition) is 3. The molecule has 1 amide bonds. The van der Waals surface area contributed by atoms with Gasteiger partial charge in [0.25, 0.3) is 5.91 Å². The van der Waals surface area contributed by atoms with E-state index in [-0.39, 0.29) is 6.61 Å². The van der Waals surface area contributed by atoms with Crippen LogP contribution in [0.4, 0.5) is 0 Å². The molecule has 0 spiro atoms. The van der Waals surface area contributed by atoms with E-state index in [4.69, 9.17) is 4.74 Å². The average molecular weight is 524 g/mol. The Balaban J connectivity index is 1.36. The van der Waals surface area contributed by atoms with Gasteiger partial charge in [-0.1, -0.05) is 37.1 Å². The quantitative estimate of drug-likeness (QED) is 0.237. The molecule has 0 saturated heterocycles. The number of aromatic amines is 1. The van der Waals surface area contributed by atoms with Crippen molar-refractivity contribution < 1.29 is 24.5 Å². The molecule has 0 aliphatic rings. The summed E-state index contributed by atoms with van der Waals surface area (Å²) in [4.78, 5) is 33.1. The van der Waals surface area contributed by atoms with E-state index in [1.54, 1.807) is 13.4 Å². The van der Waals surface area contributed by atoms with Crippen LogP contribution in [0.15, 0.2) is 42.7 Å². The molecular weight excluding hydrogens is 482 g/mol. The molecule has 0 aliphatic heterocycles. The van der Waals surface area contributed by atoms with Gasteiger partial charge in [-0.15, -0.1) is 0 Å². The largest absolute Gasteiger partial charge is 0.479 e. The van der Waals surface area contributed by atoms with Crippen LogP contribution < -0.4 is 0 Å². The molecule has 3 N–H and O–H groups in total. The minimum absolute atomic E-state index is 0.224. The minimum Gasteiger partial charge on any atom is -0.479 e. The molecule has 0 aliphatic carbocycles. The van der Waals surface area contributed by atoms with E-state index >= 15 is 0 Å². The highest BCUT2D eigenvalue weighted by atomic mass is 16.5. The fraction of sp³-hybridized carbons (Fsp3) is 0.500. The number of ether oxygens (including phenoxy) is 1. The number of aliphatic carboxylic acids is 1. The Morgan fingerprint density at radius 1 is 0.947 bits per heavy atom. The average Bonchev–Trinajstić information content (AvgIpc) is 3.37. The van der Waals surface area contributed by atoms with Crippen LogP contribution in [0.3, 0.4) is 0 Å². The van der Waals surface area contributed by atoms with Crippen LogP contribution in [0.2, 0.25) is 0 Å². The predicted octanol–water partition coefficient (Wildman–Crippen LogP) is 4.59. The third-order valence-electron chi connectivity index (χ3n) is 7.08. The van der Waals surface area contributed by atoms with Gasteiger partial charge in [-0.05, 0) is 86.8 Å². The summed E-state index contributed by atoms with van der Waals surface area (Å²) in [5.74, 6) is -1.96. The molecule has 0 radical (unpaired) electrons. The number of likely N-dealkylation sites (N-methyl/N-ethyl adjacent to an activating group) is 1. The summed E-state index contributed by atoms with van der Waals surface area (Å²) in [6, 6.07) is 12.7. The van der Waals surface area contributed by atoms with E-state index < -0.39 is 24.1 Å². The van der Waals surface area contributed by atoms with Crippen molar-refractivity contribution in [2.45, 2.75) is 77.4 Å². The van der Waals surface area contributed by atoms with Gasteiger partial charge in [0.1, 0.15) is 0 Å². The van der Waals surface area contributed by atoms with E-state index in [9.17, 15) is 19.8 Å². The third-order valence-corrected chi connectivity index (χ3v) is 7.08. The second-order valence-electron chi connectivity index (χ2n) is 10.1. The normalized spacial score (nSPS) is 12.9. The number of rotatable bonds is 16. The SMILES string of the molecule is Cc1ccc(CCCCCOC(C(=O)N(C)CCCCCc2ccc3nc[nH]c3c2)C(O)C(=O)O)cc1C. The molecule has 206 valence electrons. The monoisotopic (exact) mass is 523 g/mol. The molecular formula is C30H41N3O5. The van der Waals surface area contributed by atoms with E-state index in [2.05, 4.69) is 54.1 Å². The maximum Gasteiger partial charge on any atom is 0.335 e. The van der Waals surface area contributed by atoms with Gasteiger partial charge in [-0.25, -0.2) is 9.78 Å². The van der Waals surface area contributed by atoms with Crippen LogP contribution in [0.5, 0.6) is 0 Å². The van der Waals surface area contributed by atoms with Crippen LogP contribution in [0.1, 0.15) is 60.8 Å².